The van der Waals surface area contributed by atoms with Crippen LogP contribution in [-0.2, 0) is 23.2 Å². The third-order valence-corrected chi connectivity index (χ3v) is 2.15. The van der Waals surface area contributed by atoms with Crippen molar-refractivity contribution in [1.29, 1.82) is 0 Å². The molecule has 0 saturated carbocycles. The van der Waals surface area contributed by atoms with Crippen molar-refractivity contribution >= 4 is 0 Å². The van der Waals surface area contributed by atoms with Gasteiger partial charge in [-0.1, -0.05) is 0 Å². The molecule has 0 aliphatic carbocycles. The van der Waals surface area contributed by atoms with Crippen LogP contribution in [0, 0.1) is 0 Å². The van der Waals surface area contributed by atoms with Crippen molar-refractivity contribution in [3.05, 3.63) is 12.7 Å². The molecule has 0 bridgehead atoms. The topological polar surface area (TPSA) is 26.0 Å². The van der Waals surface area contributed by atoms with E-state index < -0.39 is 23.2 Å². The monoisotopic (exact) mass is 237 g/mol. The number of rotatable bonds is 2. The van der Waals surface area contributed by atoms with Crippen LogP contribution in [0.1, 0.15) is 0 Å². The fourth-order valence-electron chi connectivity index (χ4n) is 0.0833. The molecule has 0 aromatic rings. The van der Waals surface area contributed by atoms with Gasteiger partial charge >= 0.3 is 43.7 Å². The fourth-order valence-corrected chi connectivity index (χ4v) is 0.682. The van der Waals surface area contributed by atoms with Gasteiger partial charge in [-0.25, -0.2) is 0 Å². The quantitative estimate of drug-likeness (QED) is 0.549. The van der Waals surface area contributed by atoms with E-state index in [1.807, 2.05) is 6.08 Å². The van der Waals surface area contributed by atoms with Gasteiger partial charge in [0.15, 0.2) is 0 Å². The maximum atomic E-state index is 5.26. The molecule has 0 unspecified atom stereocenters. The predicted molar refractivity (Wildman–Crippen MR) is 19.2 cm³/mol. The van der Waals surface area contributed by atoms with Gasteiger partial charge in [0.1, 0.15) is 0 Å². The summed E-state index contributed by atoms with van der Waals surface area (Å²) in [6, 6.07) is 0. The molecule has 0 rings (SSSR count). The molecule has 0 heterocycles. The van der Waals surface area contributed by atoms with Gasteiger partial charge < -0.3 is 0 Å². The number of hydrogen-bond acceptors (Lipinski definition) is 1. The predicted octanol–water partition coefficient (Wildman–Crippen LogP) is 0.547. The fraction of sp³-hybridized carbons (Fsp3) is 0.333. The number of allylic oxidation sites excluding steroid dienone is 1. The molecule has 2 heteroatoms. The van der Waals surface area contributed by atoms with Gasteiger partial charge in [0, 0.05) is 0 Å². The van der Waals surface area contributed by atoms with Crippen LogP contribution in [0.25, 0.3) is 0 Å². The molecule has 28 valence electrons. The van der Waals surface area contributed by atoms with Crippen LogP contribution >= 0.6 is 0 Å². The van der Waals surface area contributed by atoms with Gasteiger partial charge in [0.25, 0.3) is 0 Å². The summed E-state index contributed by atoms with van der Waals surface area (Å²) in [5.41, 5.74) is 0. The first-order valence-corrected chi connectivity index (χ1v) is 6.07. The molecule has 1 nitrogen and oxygen atoms in total. The van der Waals surface area contributed by atoms with E-state index in [2.05, 4.69) is 6.58 Å². The first-order chi connectivity index (χ1) is 2.41. The Bertz CT molecular complexity index is 28.1. The van der Waals surface area contributed by atoms with Crippen LogP contribution in [0.4, 0.5) is 0 Å². The van der Waals surface area contributed by atoms with E-state index in [0.29, 0.717) is 0 Å². The third kappa shape index (κ3) is 4.57. The Hall–Kier alpha value is 0.570. The van der Waals surface area contributed by atoms with Crippen LogP contribution in [0.3, 0.4) is 0 Å². The molecule has 2 N–H and O–H groups in total. The van der Waals surface area contributed by atoms with Crippen LogP contribution in [0.15, 0.2) is 12.7 Å². The van der Waals surface area contributed by atoms with E-state index in [1.165, 1.54) is 0 Å². The van der Waals surface area contributed by atoms with E-state index >= 15 is 0 Å². The summed E-state index contributed by atoms with van der Waals surface area (Å²) in [4.78, 5) is 0. The zero-order valence-corrected chi connectivity index (χ0v) is 6.66. The van der Waals surface area contributed by atoms with Crippen LogP contribution in [-0.4, -0.2) is 0 Å². The van der Waals surface area contributed by atoms with E-state index in [9.17, 15) is 0 Å². The molecular weight excluding hydrogens is 229 g/mol. The van der Waals surface area contributed by atoms with Crippen LogP contribution in [0.5, 0.6) is 0 Å². The van der Waals surface area contributed by atoms with Crippen molar-refractivity contribution in [3.63, 3.8) is 0 Å². The van der Waals surface area contributed by atoms with Crippen molar-refractivity contribution in [2.45, 2.75) is 4.18 Å². The van der Waals surface area contributed by atoms with Crippen LogP contribution in [0.2, 0.25) is 4.18 Å². The molecule has 0 amide bonds. The summed E-state index contributed by atoms with van der Waals surface area (Å²) >= 11 is -0.576. The Morgan fingerprint density at radius 1 is 2.00 bits per heavy atom. The summed E-state index contributed by atoms with van der Waals surface area (Å²) in [7, 11) is 0. The summed E-state index contributed by atoms with van der Waals surface area (Å²) in [5.74, 6) is 0. The van der Waals surface area contributed by atoms with Crippen molar-refractivity contribution in [2.75, 3.05) is 0 Å². The first kappa shape index (κ1) is 5.57. The Morgan fingerprint density at radius 2 is 2.60 bits per heavy atom. The molecule has 0 aromatic carbocycles. The molecule has 0 aromatic heterocycles. The summed E-state index contributed by atoms with van der Waals surface area (Å²) in [6.07, 6.45) is 1.89. The normalized spacial score (nSPS) is 6.60. The average Bonchev–Trinajstić information content (AvgIpc) is 1.41. The Morgan fingerprint density at radius 3 is 2.60 bits per heavy atom. The summed E-state index contributed by atoms with van der Waals surface area (Å²) < 4.78 is 6.39. The molecule has 0 aliphatic heterocycles. The number of nitrogens with two attached hydrogens (primary N) is 1. The Balaban J connectivity index is 2.40. The molecule has 0 fully saturated rings. The molecule has 0 aliphatic rings. The zero-order chi connectivity index (χ0) is 4.12. The van der Waals surface area contributed by atoms with Gasteiger partial charge in [0.2, 0.25) is 0 Å². The third-order valence-electron chi connectivity index (χ3n) is 0.262. The summed E-state index contributed by atoms with van der Waals surface area (Å²) in [6.45, 7) is 3.52. The second-order valence-corrected chi connectivity index (χ2v) is 3.63. The van der Waals surface area contributed by atoms with Crippen molar-refractivity contribution < 1.29 is 23.2 Å². The maximum absolute atomic E-state index is 5.26. The second-order valence-electron chi connectivity index (χ2n) is 0.697. The van der Waals surface area contributed by atoms with E-state index in [-0.39, 0.29) is 0 Å². The molecule has 0 saturated heterocycles. The van der Waals surface area contributed by atoms with Gasteiger partial charge in [-0.05, 0) is 0 Å². The van der Waals surface area contributed by atoms with Crippen LogP contribution < -0.4 is 3.72 Å². The average molecular weight is 236 g/mol. The summed E-state index contributed by atoms with van der Waals surface area (Å²) in [5, 5.41) is 0. The molecule has 0 atom stereocenters. The van der Waals surface area contributed by atoms with Gasteiger partial charge in [0.05, 0.1) is 0 Å². The number of hydrogen-bond donors (Lipinski definition) is 1. The zero-order valence-electron chi connectivity index (χ0n) is 3.07. The van der Waals surface area contributed by atoms with E-state index in [1.54, 1.807) is 0 Å². The first-order valence-electron chi connectivity index (χ1n) is 1.46. The van der Waals surface area contributed by atoms with Gasteiger partial charge in [-0.2, -0.15) is 0 Å². The molecule has 0 radical (unpaired) electrons. The minimum atomic E-state index is -0.576. The van der Waals surface area contributed by atoms with Crippen molar-refractivity contribution in [3.8, 4) is 0 Å². The molecular formula is C3H7HfN. The van der Waals surface area contributed by atoms with Gasteiger partial charge in [-0.15, -0.1) is 0 Å². The van der Waals surface area contributed by atoms with E-state index in [4.69, 9.17) is 3.72 Å². The van der Waals surface area contributed by atoms with Gasteiger partial charge in [-0.3, -0.25) is 0 Å². The second kappa shape index (κ2) is 4.57. The Labute approximate surface area is 44.0 Å². The Kier molecular flexibility index (Phi) is 5.09. The van der Waals surface area contributed by atoms with Crippen molar-refractivity contribution in [1.82, 2.24) is 0 Å². The van der Waals surface area contributed by atoms with Crippen molar-refractivity contribution in [2.24, 2.45) is 3.72 Å². The standard InChI is InChI=1S/C3H5.Hf.H2N/c1-3-2;;/h3H,1-2H2;;1H2/q;+1;-1. The van der Waals surface area contributed by atoms with E-state index in [0.717, 1.165) is 4.18 Å². The molecule has 5 heavy (non-hydrogen) atoms. The minimum absolute atomic E-state index is 0.576. The SMILES string of the molecule is C=C[CH2][Hf][NH2]. The molecule has 0 spiro atoms.